The van der Waals surface area contributed by atoms with Gasteiger partial charge in [-0.15, -0.1) is 11.8 Å². The van der Waals surface area contributed by atoms with Gasteiger partial charge in [0, 0.05) is 11.4 Å². The van der Waals surface area contributed by atoms with Crippen LogP contribution in [-0.4, -0.2) is 24.1 Å². The second-order valence-electron chi connectivity index (χ2n) is 8.14. The zero-order valence-corrected chi connectivity index (χ0v) is 18.8. The largest absolute Gasteiger partial charge is 0.355 e. The van der Waals surface area contributed by atoms with Crippen molar-refractivity contribution in [2.24, 2.45) is 5.92 Å². The van der Waals surface area contributed by atoms with Gasteiger partial charge in [-0.2, -0.15) is 0 Å². The van der Waals surface area contributed by atoms with E-state index in [9.17, 15) is 9.59 Å². The minimum atomic E-state index is -0.114. The summed E-state index contributed by atoms with van der Waals surface area (Å²) in [5, 5.41) is 6.17. The van der Waals surface area contributed by atoms with E-state index in [1.165, 1.54) is 43.9 Å². The van der Waals surface area contributed by atoms with Crippen LogP contribution in [0.2, 0.25) is 0 Å². The molecule has 2 aromatic carbocycles. The molecule has 0 aromatic heterocycles. The first-order valence-electron chi connectivity index (χ1n) is 10.9. The number of thioether (sulfide) groups is 1. The minimum Gasteiger partial charge on any atom is -0.355 e. The summed E-state index contributed by atoms with van der Waals surface area (Å²) in [4.78, 5) is 26.1. The van der Waals surface area contributed by atoms with Crippen molar-refractivity contribution in [3.8, 4) is 0 Å². The maximum atomic E-state index is 12.9. The molecule has 160 valence electrons. The lowest BCUT2D eigenvalue weighted by molar-refractivity contribution is -0.118. The summed E-state index contributed by atoms with van der Waals surface area (Å²) in [6.07, 6.45) is 6.31. The monoisotopic (exact) mass is 424 g/mol. The van der Waals surface area contributed by atoms with Crippen LogP contribution in [0.25, 0.3) is 0 Å². The number of hydrogen-bond acceptors (Lipinski definition) is 3. The third kappa shape index (κ3) is 6.36. The van der Waals surface area contributed by atoms with E-state index < -0.39 is 0 Å². The number of hydrogen-bond donors (Lipinski definition) is 2. The second-order valence-corrected chi connectivity index (χ2v) is 9.16. The number of benzene rings is 2. The molecule has 4 nitrogen and oxygen atoms in total. The molecule has 1 atom stereocenters. The molecule has 0 bridgehead atoms. The van der Waals surface area contributed by atoms with Gasteiger partial charge in [0.1, 0.15) is 0 Å². The Morgan fingerprint density at radius 2 is 1.73 bits per heavy atom. The van der Waals surface area contributed by atoms with Gasteiger partial charge in [-0.25, -0.2) is 0 Å². The summed E-state index contributed by atoms with van der Waals surface area (Å²) in [5.41, 5.74) is 2.88. The van der Waals surface area contributed by atoms with Gasteiger partial charge in [-0.1, -0.05) is 55.7 Å². The number of aryl methyl sites for hydroxylation is 1. The molecule has 1 fully saturated rings. The van der Waals surface area contributed by atoms with Crippen molar-refractivity contribution in [3.63, 3.8) is 0 Å². The van der Waals surface area contributed by atoms with Gasteiger partial charge in [0.25, 0.3) is 5.91 Å². The molecule has 0 saturated heterocycles. The molecule has 1 aliphatic carbocycles. The van der Waals surface area contributed by atoms with Gasteiger partial charge in [0.05, 0.1) is 17.4 Å². The molecule has 1 saturated carbocycles. The van der Waals surface area contributed by atoms with Crippen molar-refractivity contribution in [1.29, 1.82) is 0 Å². The average molecular weight is 425 g/mol. The van der Waals surface area contributed by atoms with Crippen molar-refractivity contribution in [2.45, 2.75) is 56.9 Å². The fraction of sp³-hybridized carbons (Fsp3) is 0.440. The van der Waals surface area contributed by atoms with Gasteiger partial charge in [-0.3, -0.25) is 9.59 Å². The molecule has 3 rings (SSSR count). The fourth-order valence-corrected chi connectivity index (χ4v) is 4.93. The molecule has 0 radical (unpaired) electrons. The van der Waals surface area contributed by atoms with Gasteiger partial charge in [0.2, 0.25) is 5.91 Å². The van der Waals surface area contributed by atoms with Crippen molar-refractivity contribution < 1.29 is 9.59 Å². The van der Waals surface area contributed by atoms with Crippen LogP contribution < -0.4 is 10.6 Å². The third-order valence-corrected chi connectivity index (χ3v) is 6.88. The molecular formula is C25H32N2O2S. The van der Waals surface area contributed by atoms with Crippen molar-refractivity contribution in [3.05, 3.63) is 65.2 Å². The molecule has 30 heavy (non-hydrogen) atoms. The summed E-state index contributed by atoms with van der Waals surface area (Å²) in [7, 11) is 0. The van der Waals surface area contributed by atoms with E-state index >= 15 is 0 Å². The van der Waals surface area contributed by atoms with E-state index in [2.05, 4.69) is 10.6 Å². The van der Waals surface area contributed by atoms with Gasteiger partial charge in [-0.05, 0) is 55.9 Å². The fourth-order valence-electron chi connectivity index (χ4n) is 4.05. The van der Waals surface area contributed by atoms with Crippen LogP contribution >= 0.6 is 11.8 Å². The van der Waals surface area contributed by atoms with E-state index in [4.69, 9.17) is 0 Å². The predicted octanol–water partition coefficient (Wildman–Crippen LogP) is 5.27. The van der Waals surface area contributed by atoms with Crippen molar-refractivity contribution >= 4 is 23.6 Å². The number of nitrogens with one attached hydrogen (secondary N) is 2. The molecular weight excluding hydrogens is 392 g/mol. The quantitative estimate of drug-likeness (QED) is 0.567. The molecule has 1 unspecified atom stereocenters. The molecule has 1 aliphatic rings. The van der Waals surface area contributed by atoms with Crippen LogP contribution in [0.1, 0.15) is 66.6 Å². The lowest BCUT2D eigenvalue weighted by Crippen LogP contribution is -2.31. The lowest BCUT2D eigenvalue weighted by atomic mass is 9.89. The highest BCUT2D eigenvalue weighted by atomic mass is 32.2. The zero-order chi connectivity index (χ0) is 21.3. The molecule has 2 amide bonds. The minimum absolute atomic E-state index is 0.0362. The Labute approximate surface area is 184 Å². The Kier molecular flexibility index (Phi) is 8.38. The number of carbonyl (C=O) groups excluding carboxylic acids is 2. The standard InChI is InChI=1S/C25H32N2O2S/c1-18-10-6-7-13-21(18)19(2)27-25(29)22-14-8-9-15-23(22)30-17-24(28)26-16-20-11-4-3-5-12-20/h6-10,13-15,19-20H,3-5,11-12,16-17H2,1-2H3,(H,26,28)(H,27,29). The van der Waals surface area contributed by atoms with Crippen molar-refractivity contribution in [2.75, 3.05) is 12.3 Å². The topological polar surface area (TPSA) is 58.2 Å². The molecule has 5 heteroatoms. The summed E-state index contributed by atoms with van der Waals surface area (Å²) in [6.45, 7) is 4.82. The zero-order valence-electron chi connectivity index (χ0n) is 17.9. The number of rotatable bonds is 8. The van der Waals surface area contributed by atoms with Gasteiger partial charge < -0.3 is 10.6 Å². The van der Waals surface area contributed by atoms with E-state index in [1.54, 1.807) is 0 Å². The van der Waals surface area contributed by atoms with Gasteiger partial charge in [0.15, 0.2) is 0 Å². The Balaban J connectivity index is 1.55. The van der Waals surface area contributed by atoms with Crippen LogP contribution in [0.3, 0.4) is 0 Å². The number of carbonyl (C=O) groups is 2. The SMILES string of the molecule is Cc1ccccc1C(C)NC(=O)c1ccccc1SCC(=O)NCC1CCCCC1. The average Bonchev–Trinajstić information content (AvgIpc) is 2.77. The Morgan fingerprint density at radius 1 is 1.03 bits per heavy atom. The van der Waals surface area contributed by atoms with E-state index in [0.717, 1.165) is 22.6 Å². The summed E-state index contributed by atoms with van der Waals surface area (Å²) < 4.78 is 0. The lowest BCUT2D eigenvalue weighted by Gasteiger charge is -2.21. The first kappa shape index (κ1) is 22.4. The highest BCUT2D eigenvalue weighted by Gasteiger charge is 2.17. The maximum absolute atomic E-state index is 12.9. The molecule has 0 heterocycles. The highest BCUT2D eigenvalue weighted by Crippen LogP contribution is 2.25. The Hall–Kier alpha value is -2.27. The van der Waals surface area contributed by atoms with Crippen molar-refractivity contribution in [1.82, 2.24) is 10.6 Å². The smallest absolute Gasteiger partial charge is 0.252 e. The first-order chi connectivity index (χ1) is 14.5. The molecule has 0 spiro atoms. The molecule has 0 aliphatic heterocycles. The molecule has 2 N–H and O–H groups in total. The Bertz CT molecular complexity index is 862. The summed E-state index contributed by atoms with van der Waals surface area (Å²) in [6, 6.07) is 15.5. The predicted molar refractivity (Wildman–Crippen MR) is 124 cm³/mol. The van der Waals surface area contributed by atoms with E-state index in [0.29, 0.717) is 17.2 Å². The van der Waals surface area contributed by atoms with Crippen LogP contribution in [0.4, 0.5) is 0 Å². The summed E-state index contributed by atoms with van der Waals surface area (Å²) in [5.74, 6) is 0.865. The maximum Gasteiger partial charge on any atom is 0.252 e. The highest BCUT2D eigenvalue weighted by molar-refractivity contribution is 8.00. The normalized spacial score (nSPS) is 15.4. The second kappa shape index (κ2) is 11.2. The van der Waals surface area contributed by atoms with Crippen LogP contribution in [0.5, 0.6) is 0 Å². The number of amides is 2. The van der Waals surface area contributed by atoms with E-state index in [1.807, 2.05) is 62.4 Å². The van der Waals surface area contributed by atoms with E-state index in [-0.39, 0.29) is 17.9 Å². The Morgan fingerprint density at radius 3 is 2.50 bits per heavy atom. The van der Waals surface area contributed by atoms with Crippen LogP contribution in [0, 0.1) is 12.8 Å². The van der Waals surface area contributed by atoms with Gasteiger partial charge >= 0.3 is 0 Å². The van der Waals surface area contributed by atoms with Crippen LogP contribution in [0.15, 0.2) is 53.4 Å². The first-order valence-corrected chi connectivity index (χ1v) is 11.9. The molecule has 2 aromatic rings. The summed E-state index contributed by atoms with van der Waals surface area (Å²) >= 11 is 1.42. The van der Waals surface area contributed by atoms with Crippen LogP contribution in [-0.2, 0) is 4.79 Å². The third-order valence-electron chi connectivity index (χ3n) is 5.81.